The van der Waals surface area contributed by atoms with Gasteiger partial charge in [-0.25, -0.2) is 4.68 Å². The fraction of sp³-hybridized carbons (Fsp3) is 0.310. The Labute approximate surface area is 226 Å². The molecule has 5 aromatic rings. The summed E-state index contributed by atoms with van der Waals surface area (Å²) in [5, 5.41) is 14.4. The highest BCUT2D eigenvalue weighted by atomic mass is 35.5. The minimum atomic E-state index is -0.593. The van der Waals surface area contributed by atoms with Gasteiger partial charge in [0.25, 0.3) is 5.56 Å². The largest absolute Gasteiger partial charge is 0.468 e. The number of fused-ring (bicyclic) bond motifs is 1. The van der Waals surface area contributed by atoms with E-state index in [1.165, 1.54) is 5.56 Å². The zero-order chi connectivity index (χ0) is 26.9. The van der Waals surface area contributed by atoms with Crippen LogP contribution in [-0.4, -0.2) is 30.1 Å². The smallest absolute Gasteiger partial charge is 0.253 e. The van der Waals surface area contributed by atoms with E-state index in [0.717, 1.165) is 28.6 Å². The quantitative estimate of drug-likeness (QED) is 0.270. The maximum absolute atomic E-state index is 13.7. The molecule has 0 amide bonds. The Balaban J connectivity index is 1.74. The van der Waals surface area contributed by atoms with Gasteiger partial charge in [-0.05, 0) is 90.5 Å². The number of furan rings is 1. The summed E-state index contributed by atoms with van der Waals surface area (Å²) >= 11 is 6.61. The maximum atomic E-state index is 13.7. The van der Waals surface area contributed by atoms with Gasteiger partial charge in [-0.15, -0.1) is 5.10 Å². The number of aromatic amines is 1. The Morgan fingerprint density at radius 2 is 1.89 bits per heavy atom. The number of aromatic nitrogens is 5. The Kier molecular flexibility index (Phi) is 7.19. The first-order valence-corrected chi connectivity index (χ1v) is 13.1. The first-order valence-electron chi connectivity index (χ1n) is 12.7. The van der Waals surface area contributed by atoms with Gasteiger partial charge < -0.3 is 9.40 Å². The van der Waals surface area contributed by atoms with E-state index in [1.54, 1.807) is 10.9 Å². The van der Waals surface area contributed by atoms with Crippen LogP contribution in [0.4, 0.5) is 0 Å². The number of benzene rings is 2. The van der Waals surface area contributed by atoms with E-state index >= 15 is 0 Å². The van der Waals surface area contributed by atoms with Gasteiger partial charge in [0.15, 0.2) is 5.82 Å². The van der Waals surface area contributed by atoms with Gasteiger partial charge in [-0.2, -0.15) is 0 Å². The number of rotatable bonds is 8. The van der Waals surface area contributed by atoms with E-state index in [9.17, 15) is 4.79 Å². The van der Waals surface area contributed by atoms with E-state index in [0.29, 0.717) is 29.5 Å². The minimum Gasteiger partial charge on any atom is -0.468 e. The standard InChI is InChI=1S/C29H31ClN6O2/c1-5-19-12-13-25-21(15-19)16-23(28(37)31-25)26(27-32-33-34-36(27)29(2,3)4)35(18-22-10-8-14-38-22)17-20-9-6-7-11-24(20)30/h6-16,26H,5,17-18H2,1-4H3,(H,31,37)/t26-/m1/s1. The number of hydrogen-bond acceptors (Lipinski definition) is 6. The number of H-pyrrole nitrogens is 1. The Hall–Kier alpha value is -3.75. The average molecular weight is 531 g/mol. The van der Waals surface area contributed by atoms with E-state index in [2.05, 4.69) is 38.4 Å². The third-order valence-corrected chi connectivity index (χ3v) is 7.02. The van der Waals surface area contributed by atoms with Crippen molar-refractivity contribution in [2.45, 2.75) is 58.8 Å². The lowest BCUT2D eigenvalue weighted by Gasteiger charge is -2.32. The number of nitrogens with zero attached hydrogens (tertiary/aromatic N) is 5. The number of pyridine rings is 1. The number of hydrogen-bond donors (Lipinski definition) is 1. The fourth-order valence-corrected chi connectivity index (χ4v) is 4.92. The topological polar surface area (TPSA) is 92.8 Å². The number of nitrogens with one attached hydrogen (secondary N) is 1. The number of halogens is 1. The average Bonchev–Trinajstić information content (AvgIpc) is 3.58. The molecule has 3 heterocycles. The molecule has 5 rings (SSSR count). The lowest BCUT2D eigenvalue weighted by Crippen LogP contribution is -2.37. The van der Waals surface area contributed by atoms with Crippen molar-refractivity contribution in [2.75, 3.05) is 0 Å². The molecule has 0 saturated carbocycles. The summed E-state index contributed by atoms with van der Waals surface area (Å²) in [4.78, 5) is 18.9. The van der Waals surface area contributed by atoms with Gasteiger partial charge in [0.1, 0.15) is 11.8 Å². The molecule has 0 aliphatic heterocycles. The third kappa shape index (κ3) is 5.28. The predicted octanol–water partition coefficient (Wildman–Crippen LogP) is 5.87. The molecule has 3 aromatic heterocycles. The molecule has 2 aromatic carbocycles. The van der Waals surface area contributed by atoms with Crippen molar-refractivity contribution in [1.82, 2.24) is 30.1 Å². The second-order valence-corrected chi connectivity index (χ2v) is 10.8. The monoisotopic (exact) mass is 530 g/mol. The van der Waals surface area contributed by atoms with Crippen molar-refractivity contribution in [1.29, 1.82) is 0 Å². The van der Waals surface area contributed by atoms with Crippen molar-refractivity contribution in [3.8, 4) is 0 Å². The van der Waals surface area contributed by atoms with Crippen LogP contribution in [0.2, 0.25) is 5.02 Å². The molecule has 9 heteroatoms. The first-order chi connectivity index (χ1) is 18.2. The molecule has 0 bridgehead atoms. The predicted molar refractivity (Wildman–Crippen MR) is 148 cm³/mol. The molecule has 0 saturated heterocycles. The van der Waals surface area contributed by atoms with Crippen molar-refractivity contribution in [3.63, 3.8) is 0 Å². The molecule has 1 atom stereocenters. The number of aryl methyl sites for hydroxylation is 1. The Bertz CT molecular complexity index is 1600. The highest BCUT2D eigenvalue weighted by molar-refractivity contribution is 6.31. The van der Waals surface area contributed by atoms with E-state index in [1.807, 2.05) is 75.4 Å². The van der Waals surface area contributed by atoms with Crippen molar-refractivity contribution < 1.29 is 4.42 Å². The first kappa shape index (κ1) is 25.9. The number of tetrazole rings is 1. The lowest BCUT2D eigenvalue weighted by atomic mass is 10.00. The van der Waals surface area contributed by atoms with Crippen LogP contribution in [0.15, 0.2) is 76.1 Å². The lowest BCUT2D eigenvalue weighted by molar-refractivity contribution is 0.171. The van der Waals surface area contributed by atoms with E-state index in [4.69, 9.17) is 16.0 Å². The van der Waals surface area contributed by atoms with Crippen LogP contribution in [0.3, 0.4) is 0 Å². The molecule has 196 valence electrons. The summed E-state index contributed by atoms with van der Waals surface area (Å²) in [6.07, 6.45) is 2.54. The van der Waals surface area contributed by atoms with Crippen LogP contribution < -0.4 is 5.56 Å². The van der Waals surface area contributed by atoms with Gasteiger partial charge in [-0.1, -0.05) is 42.8 Å². The maximum Gasteiger partial charge on any atom is 0.253 e. The molecule has 8 nitrogen and oxygen atoms in total. The van der Waals surface area contributed by atoms with E-state index < -0.39 is 11.6 Å². The summed E-state index contributed by atoms with van der Waals surface area (Å²) in [6, 6.07) is 19.0. The Morgan fingerprint density at radius 1 is 1.08 bits per heavy atom. The molecule has 1 N–H and O–H groups in total. The van der Waals surface area contributed by atoms with Crippen LogP contribution in [-0.2, 0) is 25.0 Å². The summed E-state index contributed by atoms with van der Waals surface area (Å²) in [5.74, 6) is 1.31. The van der Waals surface area contributed by atoms with Gasteiger partial charge in [-0.3, -0.25) is 9.69 Å². The Morgan fingerprint density at radius 3 is 2.61 bits per heavy atom. The molecule has 0 aliphatic rings. The molecule has 38 heavy (non-hydrogen) atoms. The van der Waals surface area contributed by atoms with Crippen molar-refractivity contribution >= 4 is 22.5 Å². The van der Waals surface area contributed by atoms with Crippen LogP contribution in [0.25, 0.3) is 10.9 Å². The summed E-state index contributed by atoms with van der Waals surface area (Å²) in [6.45, 7) is 9.07. The zero-order valence-corrected chi connectivity index (χ0v) is 22.7. The van der Waals surface area contributed by atoms with Gasteiger partial charge in [0, 0.05) is 22.6 Å². The summed E-state index contributed by atoms with van der Waals surface area (Å²) in [7, 11) is 0. The van der Waals surface area contributed by atoms with Crippen molar-refractivity contribution in [2.24, 2.45) is 0 Å². The third-order valence-electron chi connectivity index (χ3n) is 6.65. The molecular formula is C29H31ClN6O2. The van der Waals surface area contributed by atoms with Crippen LogP contribution >= 0.6 is 11.6 Å². The molecule has 0 fully saturated rings. The van der Waals surface area contributed by atoms with Crippen LogP contribution in [0.1, 0.15) is 62.0 Å². The molecular weight excluding hydrogens is 500 g/mol. The summed E-state index contributed by atoms with van der Waals surface area (Å²) < 4.78 is 7.53. The highest BCUT2D eigenvalue weighted by Gasteiger charge is 2.34. The van der Waals surface area contributed by atoms with Crippen LogP contribution in [0.5, 0.6) is 0 Å². The highest BCUT2D eigenvalue weighted by Crippen LogP contribution is 2.33. The fourth-order valence-electron chi connectivity index (χ4n) is 4.72. The van der Waals surface area contributed by atoms with Gasteiger partial charge in [0.2, 0.25) is 0 Å². The molecule has 0 spiro atoms. The van der Waals surface area contributed by atoms with Gasteiger partial charge in [0.05, 0.1) is 18.3 Å². The normalized spacial score (nSPS) is 12.9. The van der Waals surface area contributed by atoms with Crippen molar-refractivity contribution in [3.05, 3.63) is 111 Å². The second kappa shape index (κ2) is 10.6. The second-order valence-electron chi connectivity index (χ2n) is 10.4. The summed E-state index contributed by atoms with van der Waals surface area (Å²) in [5.41, 5.74) is 2.83. The zero-order valence-electron chi connectivity index (χ0n) is 22.0. The van der Waals surface area contributed by atoms with E-state index in [-0.39, 0.29) is 5.56 Å². The molecule has 0 radical (unpaired) electrons. The minimum absolute atomic E-state index is 0.196. The van der Waals surface area contributed by atoms with Crippen LogP contribution in [0, 0.1) is 0 Å². The molecule has 0 unspecified atom stereocenters. The molecule has 0 aliphatic carbocycles. The SMILES string of the molecule is CCc1ccc2[nH]c(=O)c([C@H](c3nnnn3C(C)(C)C)N(Cc3ccco3)Cc3ccccc3Cl)cc2c1. The van der Waals surface area contributed by atoms with Gasteiger partial charge >= 0.3 is 0 Å².